The number of hydrogen-bond acceptors (Lipinski definition) is 4. The highest BCUT2D eigenvalue weighted by Gasteiger charge is 2.23. The van der Waals surface area contributed by atoms with Gasteiger partial charge in [-0.15, -0.1) is 0 Å². The average Bonchev–Trinajstić information content (AvgIpc) is 3.05. The van der Waals surface area contributed by atoms with Crippen molar-refractivity contribution >= 4 is 32.6 Å². The zero-order valence-corrected chi connectivity index (χ0v) is 16.2. The first kappa shape index (κ1) is 19.6. The summed E-state index contributed by atoms with van der Waals surface area (Å²) in [6.45, 7) is 2.02. The maximum atomic E-state index is 13.1. The van der Waals surface area contributed by atoms with Crippen LogP contribution >= 0.6 is 0 Å². The van der Waals surface area contributed by atoms with Crippen molar-refractivity contribution in [2.24, 2.45) is 0 Å². The van der Waals surface area contributed by atoms with Crippen LogP contribution in [0, 0.1) is 0 Å². The molecule has 1 heterocycles. The van der Waals surface area contributed by atoms with Gasteiger partial charge in [0.05, 0.1) is 9.79 Å². The Morgan fingerprint density at radius 2 is 1.57 bits per heavy atom. The van der Waals surface area contributed by atoms with Gasteiger partial charge in [0.15, 0.2) is 0 Å². The number of sulfone groups is 1. The zero-order chi connectivity index (χ0) is 20.1. The fraction of sp³-hybridized carbons (Fsp3) is 0.200. The fourth-order valence-corrected chi connectivity index (χ4v) is 4.43. The number of fused-ring (bicyclic) bond motifs is 1. The van der Waals surface area contributed by atoms with Crippen molar-refractivity contribution in [1.29, 1.82) is 0 Å². The van der Waals surface area contributed by atoms with Crippen molar-refractivity contribution in [1.82, 2.24) is 15.2 Å². The Bertz CT molecular complexity index is 1100. The van der Waals surface area contributed by atoms with Gasteiger partial charge < -0.3 is 15.2 Å². The SMILES string of the molecule is CC(=O)NCCNC(=O)Cn1cc(S(=O)(=O)c2ccccc2)c2ccccc21. The summed E-state index contributed by atoms with van der Waals surface area (Å²) in [7, 11) is -3.71. The van der Waals surface area contributed by atoms with E-state index >= 15 is 0 Å². The molecule has 8 heteroatoms. The minimum atomic E-state index is -3.71. The minimum absolute atomic E-state index is 0.0229. The molecule has 0 atom stereocenters. The number of amides is 2. The molecule has 2 amide bonds. The maximum Gasteiger partial charge on any atom is 0.240 e. The molecule has 0 radical (unpaired) electrons. The molecule has 0 saturated heterocycles. The Hall–Kier alpha value is -3.13. The lowest BCUT2D eigenvalue weighted by Crippen LogP contribution is -2.35. The van der Waals surface area contributed by atoms with Crippen LogP contribution in [0.2, 0.25) is 0 Å². The molecule has 2 N–H and O–H groups in total. The van der Waals surface area contributed by atoms with Gasteiger partial charge in [0.1, 0.15) is 6.54 Å². The number of nitrogens with one attached hydrogen (secondary N) is 2. The second kappa shape index (κ2) is 8.26. The van der Waals surface area contributed by atoms with Crippen molar-refractivity contribution < 1.29 is 18.0 Å². The van der Waals surface area contributed by atoms with Crippen LogP contribution < -0.4 is 10.6 Å². The highest BCUT2D eigenvalue weighted by atomic mass is 32.2. The molecule has 0 fully saturated rings. The van der Waals surface area contributed by atoms with Gasteiger partial charge in [-0.25, -0.2) is 8.42 Å². The van der Waals surface area contributed by atoms with Gasteiger partial charge in [-0.05, 0) is 18.2 Å². The average molecular weight is 399 g/mol. The molecule has 1 aromatic heterocycles. The van der Waals surface area contributed by atoms with E-state index in [4.69, 9.17) is 0 Å². The second-order valence-corrected chi connectivity index (χ2v) is 8.21. The first-order chi connectivity index (χ1) is 13.4. The third-order valence-electron chi connectivity index (χ3n) is 4.23. The molecule has 3 aromatic rings. The van der Waals surface area contributed by atoms with E-state index in [1.165, 1.54) is 13.1 Å². The van der Waals surface area contributed by atoms with Gasteiger partial charge in [-0.3, -0.25) is 9.59 Å². The second-order valence-electron chi connectivity index (χ2n) is 6.29. The highest BCUT2D eigenvalue weighted by Crippen LogP contribution is 2.30. The van der Waals surface area contributed by atoms with Crippen LogP contribution in [-0.2, 0) is 26.0 Å². The third kappa shape index (κ3) is 4.23. The van der Waals surface area contributed by atoms with E-state index in [1.807, 2.05) is 0 Å². The molecule has 0 spiro atoms. The summed E-state index contributed by atoms with van der Waals surface area (Å²) >= 11 is 0. The molecular formula is C20H21N3O4S. The van der Waals surface area contributed by atoms with Crippen LogP contribution in [-0.4, -0.2) is 37.9 Å². The summed E-state index contributed by atoms with van der Waals surface area (Å²) in [4.78, 5) is 23.5. The molecule has 0 aliphatic rings. The number of para-hydroxylation sites is 1. The van der Waals surface area contributed by atoms with Crippen LogP contribution in [0.4, 0.5) is 0 Å². The normalized spacial score (nSPS) is 11.3. The molecule has 2 aromatic carbocycles. The minimum Gasteiger partial charge on any atom is -0.355 e. The summed E-state index contributed by atoms with van der Waals surface area (Å²) in [5.41, 5.74) is 0.661. The number of carbonyl (C=O) groups excluding carboxylic acids is 2. The Morgan fingerprint density at radius 1 is 0.929 bits per heavy atom. The van der Waals surface area contributed by atoms with Crippen LogP contribution in [0.25, 0.3) is 10.9 Å². The first-order valence-electron chi connectivity index (χ1n) is 8.79. The number of aromatic nitrogens is 1. The van der Waals surface area contributed by atoms with Crippen LogP contribution in [0.3, 0.4) is 0 Å². The van der Waals surface area contributed by atoms with Crippen LogP contribution in [0.5, 0.6) is 0 Å². The quantitative estimate of drug-likeness (QED) is 0.591. The molecule has 0 aliphatic carbocycles. The van der Waals surface area contributed by atoms with E-state index in [9.17, 15) is 18.0 Å². The van der Waals surface area contributed by atoms with E-state index in [0.29, 0.717) is 24.0 Å². The van der Waals surface area contributed by atoms with Crippen LogP contribution in [0.1, 0.15) is 6.92 Å². The zero-order valence-electron chi connectivity index (χ0n) is 15.4. The van der Waals surface area contributed by atoms with Gasteiger partial charge >= 0.3 is 0 Å². The Labute approximate surface area is 163 Å². The van der Waals surface area contributed by atoms with Crippen molar-refractivity contribution in [3.63, 3.8) is 0 Å². The standard InChI is InChI=1S/C20H21N3O4S/c1-15(24)21-11-12-22-20(25)14-23-13-19(17-9-5-6-10-18(17)23)28(26,27)16-7-3-2-4-8-16/h2-10,13H,11-12,14H2,1H3,(H,21,24)(H,22,25). The first-order valence-corrected chi connectivity index (χ1v) is 10.3. The number of hydrogen-bond donors (Lipinski definition) is 2. The summed E-state index contributed by atoms with van der Waals surface area (Å²) in [6.07, 6.45) is 1.50. The van der Waals surface area contributed by atoms with Crippen molar-refractivity contribution in [3.8, 4) is 0 Å². The van der Waals surface area contributed by atoms with E-state index < -0.39 is 9.84 Å². The topological polar surface area (TPSA) is 97.3 Å². The maximum absolute atomic E-state index is 13.1. The van der Waals surface area contributed by atoms with Gasteiger partial charge in [-0.2, -0.15) is 0 Å². The van der Waals surface area contributed by atoms with Crippen molar-refractivity contribution in [3.05, 3.63) is 60.8 Å². The largest absolute Gasteiger partial charge is 0.355 e. The third-order valence-corrected chi connectivity index (χ3v) is 6.03. The van der Waals surface area contributed by atoms with Crippen LogP contribution in [0.15, 0.2) is 70.6 Å². The lowest BCUT2D eigenvalue weighted by atomic mass is 10.2. The number of nitrogens with zero attached hydrogens (tertiary/aromatic N) is 1. The number of carbonyl (C=O) groups is 2. The number of benzene rings is 2. The molecule has 0 bridgehead atoms. The van der Waals surface area contributed by atoms with Gasteiger partial charge in [-0.1, -0.05) is 36.4 Å². The summed E-state index contributed by atoms with van der Waals surface area (Å²) in [5.74, 6) is -0.434. The lowest BCUT2D eigenvalue weighted by Gasteiger charge is -2.07. The lowest BCUT2D eigenvalue weighted by molar-refractivity contribution is -0.122. The van der Waals surface area contributed by atoms with Gasteiger partial charge in [0.25, 0.3) is 0 Å². The summed E-state index contributed by atoms with van der Waals surface area (Å²) in [6, 6.07) is 15.3. The molecule has 7 nitrogen and oxygen atoms in total. The molecule has 0 unspecified atom stereocenters. The Balaban J connectivity index is 1.87. The predicted octanol–water partition coefficient (Wildman–Crippen LogP) is 1.73. The van der Waals surface area contributed by atoms with E-state index in [1.54, 1.807) is 59.2 Å². The smallest absolute Gasteiger partial charge is 0.240 e. The molecule has 0 aliphatic heterocycles. The Morgan fingerprint density at radius 3 is 2.29 bits per heavy atom. The van der Waals surface area contributed by atoms with E-state index in [0.717, 1.165) is 0 Å². The highest BCUT2D eigenvalue weighted by molar-refractivity contribution is 7.91. The molecule has 146 valence electrons. The summed E-state index contributed by atoms with van der Waals surface area (Å²) in [5, 5.41) is 5.87. The monoisotopic (exact) mass is 399 g/mol. The summed E-state index contributed by atoms with van der Waals surface area (Å²) < 4.78 is 27.8. The van der Waals surface area contributed by atoms with Gasteiger partial charge in [0, 0.05) is 37.1 Å². The predicted molar refractivity (Wildman–Crippen MR) is 106 cm³/mol. The fourth-order valence-electron chi connectivity index (χ4n) is 2.94. The van der Waals surface area contributed by atoms with E-state index in [-0.39, 0.29) is 28.2 Å². The van der Waals surface area contributed by atoms with Crippen molar-refractivity contribution in [2.45, 2.75) is 23.3 Å². The molecule has 0 saturated carbocycles. The van der Waals surface area contributed by atoms with E-state index in [2.05, 4.69) is 10.6 Å². The molecule has 3 rings (SSSR count). The Kier molecular flexibility index (Phi) is 5.79. The number of rotatable bonds is 7. The van der Waals surface area contributed by atoms with Gasteiger partial charge in [0.2, 0.25) is 21.7 Å². The molecule has 28 heavy (non-hydrogen) atoms. The van der Waals surface area contributed by atoms with Crippen molar-refractivity contribution in [2.75, 3.05) is 13.1 Å². The molecular weight excluding hydrogens is 378 g/mol.